The molecule has 1 aromatic carbocycles. The fourth-order valence-electron chi connectivity index (χ4n) is 1.83. The molecular weight excluding hydrogens is 258 g/mol. The average Bonchev–Trinajstić information content (AvgIpc) is 2.46. The van der Waals surface area contributed by atoms with Crippen LogP contribution in [0.2, 0.25) is 0 Å². The molecule has 0 aliphatic carbocycles. The van der Waals surface area contributed by atoms with Crippen molar-refractivity contribution in [3.63, 3.8) is 0 Å². The summed E-state index contributed by atoms with van der Waals surface area (Å²) in [7, 11) is 1.63. The van der Waals surface area contributed by atoms with Crippen molar-refractivity contribution in [3.8, 4) is 0 Å². The monoisotopic (exact) mass is 279 g/mol. The number of hydrogen-bond donors (Lipinski definition) is 1. The number of amides is 1. The molecular formula is C15H21NO2S. The molecule has 0 aromatic heterocycles. The van der Waals surface area contributed by atoms with Gasteiger partial charge in [-0.2, -0.15) is 0 Å². The van der Waals surface area contributed by atoms with Gasteiger partial charge in [0.2, 0.25) is 5.91 Å². The number of nitrogens with one attached hydrogen (secondary N) is 1. The molecule has 0 bridgehead atoms. The number of benzene rings is 1. The van der Waals surface area contributed by atoms with Crippen LogP contribution in [0, 0.1) is 5.92 Å². The van der Waals surface area contributed by atoms with Crippen LogP contribution in [0.5, 0.6) is 0 Å². The maximum Gasteiger partial charge on any atom is 0.230 e. The van der Waals surface area contributed by atoms with Crippen LogP contribution in [-0.2, 0) is 4.79 Å². The minimum absolute atomic E-state index is 0.00202. The van der Waals surface area contributed by atoms with E-state index in [0.717, 1.165) is 23.3 Å². The minimum atomic E-state index is 0.00202. The molecule has 3 nitrogen and oxygen atoms in total. The first-order valence-corrected chi connectivity index (χ1v) is 7.58. The van der Waals surface area contributed by atoms with E-state index in [0.29, 0.717) is 5.75 Å². The van der Waals surface area contributed by atoms with E-state index >= 15 is 0 Å². The number of ketones is 1. The highest BCUT2D eigenvalue weighted by Crippen LogP contribution is 2.21. The Balaban J connectivity index is 2.65. The number of Topliss-reactive ketones (excluding diaryl/α,β-unsaturated/α-hetero) is 1. The highest BCUT2D eigenvalue weighted by Gasteiger charge is 2.15. The van der Waals surface area contributed by atoms with Gasteiger partial charge in [-0.15, -0.1) is 11.8 Å². The van der Waals surface area contributed by atoms with Crippen LogP contribution in [0.1, 0.15) is 37.0 Å². The molecule has 4 heteroatoms. The molecule has 1 rings (SSSR count). The summed E-state index contributed by atoms with van der Waals surface area (Å²) in [4.78, 5) is 24.3. The van der Waals surface area contributed by atoms with E-state index in [1.54, 1.807) is 7.05 Å². The Morgan fingerprint density at radius 2 is 1.74 bits per heavy atom. The topological polar surface area (TPSA) is 46.2 Å². The van der Waals surface area contributed by atoms with Crippen molar-refractivity contribution < 1.29 is 9.59 Å². The summed E-state index contributed by atoms with van der Waals surface area (Å²) >= 11 is 1.47. The lowest BCUT2D eigenvalue weighted by Gasteiger charge is -2.11. The summed E-state index contributed by atoms with van der Waals surface area (Å²) in [6.07, 6.45) is 1.75. The Morgan fingerprint density at radius 3 is 2.21 bits per heavy atom. The van der Waals surface area contributed by atoms with E-state index in [1.165, 1.54) is 11.8 Å². The van der Waals surface area contributed by atoms with Crippen LogP contribution in [0.25, 0.3) is 0 Å². The standard InChI is InChI=1S/C15H21NO2S/c1-4-11(5-2)15(18)12-6-8-13(9-7-12)19-10-14(17)16-3/h6-9,11H,4-5,10H2,1-3H3,(H,16,17). The lowest BCUT2D eigenvalue weighted by Crippen LogP contribution is -2.19. The lowest BCUT2D eigenvalue weighted by molar-refractivity contribution is -0.118. The van der Waals surface area contributed by atoms with Gasteiger partial charge in [-0.05, 0) is 25.0 Å². The van der Waals surface area contributed by atoms with Crippen LogP contribution >= 0.6 is 11.8 Å². The zero-order valence-corrected chi connectivity index (χ0v) is 12.5. The molecule has 0 spiro atoms. The van der Waals surface area contributed by atoms with Crippen molar-refractivity contribution in [1.29, 1.82) is 0 Å². The smallest absolute Gasteiger partial charge is 0.230 e. The molecule has 19 heavy (non-hydrogen) atoms. The first-order chi connectivity index (χ1) is 9.12. The zero-order chi connectivity index (χ0) is 14.3. The van der Waals surface area contributed by atoms with Crippen LogP contribution in [0.4, 0.5) is 0 Å². The number of carbonyl (C=O) groups is 2. The van der Waals surface area contributed by atoms with E-state index in [2.05, 4.69) is 5.32 Å². The van der Waals surface area contributed by atoms with Crippen molar-refractivity contribution in [2.75, 3.05) is 12.8 Å². The van der Waals surface area contributed by atoms with Gasteiger partial charge in [-0.3, -0.25) is 9.59 Å². The Labute approximate surface area is 119 Å². The molecule has 1 aromatic rings. The Bertz CT molecular complexity index is 424. The SMILES string of the molecule is CCC(CC)C(=O)c1ccc(SCC(=O)NC)cc1. The molecule has 1 N–H and O–H groups in total. The first-order valence-electron chi connectivity index (χ1n) is 6.60. The van der Waals surface area contributed by atoms with Crippen molar-refractivity contribution in [2.45, 2.75) is 31.6 Å². The van der Waals surface area contributed by atoms with E-state index in [-0.39, 0.29) is 17.6 Å². The van der Waals surface area contributed by atoms with Gasteiger partial charge in [0.15, 0.2) is 5.78 Å². The van der Waals surface area contributed by atoms with Crippen LogP contribution in [0.3, 0.4) is 0 Å². The van der Waals surface area contributed by atoms with E-state index in [1.807, 2.05) is 38.1 Å². The molecule has 0 aliphatic heterocycles. The molecule has 0 saturated carbocycles. The fourth-order valence-corrected chi connectivity index (χ4v) is 2.60. The second-order valence-electron chi connectivity index (χ2n) is 4.36. The lowest BCUT2D eigenvalue weighted by atomic mass is 9.93. The van der Waals surface area contributed by atoms with E-state index in [9.17, 15) is 9.59 Å². The van der Waals surface area contributed by atoms with Gasteiger partial charge in [0.25, 0.3) is 0 Å². The van der Waals surface area contributed by atoms with E-state index in [4.69, 9.17) is 0 Å². The molecule has 1 amide bonds. The fraction of sp³-hybridized carbons (Fsp3) is 0.467. The maximum atomic E-state index is 12.2. The Kier molecular flexibility index (Phi) is 6.64. The van der Waals surface area contributed by atoms with Crippen LogP contribution in [-0.4, -0.2) is 24.5 Å². The Hall–Kier alpha value is -1.29. The molecule has 0 saturated heterocycles. The number of thioether (sulfide) groups is 1. The summed E-state index contributed by atoms with van der Waals surface area (Å²) in [5.74, 6) is 0.732. The van der Waals surface area contributed by atoms with Crippen molar-refractivity contribution >= 4 is 23.5 Å². The molecule has 0 atom stereocenters. The quantitative estimate of drug-likeness (QED) is 0.616. The van der Waals surface area contributed by atoms with Crippen LogP contribution < -0.4 is 5.32 Å². The molecule has 0 heterocycles. The third-order valence-electron chi connectivity index (χ3n) is 3.14. The molecule has 0 fully saturated rings. The van der Waals surface area contributed by atoms with Crippen molar-refractivity contribution in [3.05, 3.63) is 29.8 Å². The highest BCUT2D eigenvalue weighted by atomic mass is 32.2. The highest BCUT2D eigenvalue weighted by molar-refractivity contribution is 8.00. The zero-order valence-electron chi connectivity index (χ0n) is 11.7. The van der Waals surface area contributed by atoms with Gasteiger partial charge in [-0.1, -0.05) is 26.0 Å². The second kappa shape index (κ2) is 8.00. The normalized spacial score (nSPS) is 10.5. The van der Waals surface area contributed by atoms with Gasteiger partial charge in [0.05, 0.1) is 5.75 Å². The third-order valence-corrected chi connectivity index (χ3v) is 4.16. The van der Waals surface area contributed by atoms with Crippen LogP contribution in [0.15, 0.2) is 29.2 Å². The van der Waals surface area contributed by atoms with Crippen molar-refractivity contribution in [1.82, 2.24) is 5.32 Å². The summed E-state index contributed by atoms with van der Waals surface area (Å²) in [5, 5.41) is 2.58. The van der Waals surface area contributed by atoms with E-state index < -0.39 is 0 Å². The summed E-state index contributed by atoms with van der Waals surface area (Å²) in [6.45, 7) is 4.08. The summed E-state index contributed by atoms with van der Waals surface area (Å²) in [6, 6.07) is 7.52. The summed E-state index contributed by atoms with van der Waals surface area (Å²) in [5.41, 5.74) is 0.762. The molecule has 104 valence electrons. The predicted molar refractivity (Wildman–Crippen MR) is 79.6 cm³/mol. The van der Waals surface area contributed by atoms with Gasteiger partial charge in [0, 0.05) is 23.4 Å². The number of hydrogen-bond acceptors (Lipinski definition) is 3. The largest absolute Gasteiger partial charge is 0.358 e. The van der Waals surface area contributed by atoms with Gasteiger partial charge < -0.3 is 5.32 Å². The number of carbonyl (C=O) groups excluding carboxylic acids is 2. The number of rotatable bonds is 7. The molecule has 0 radical (unpaired) electrons. The maximum absolute atomic E-state index is 12.2. The first kappa shape index (κ1) is 15.8. The van der Waals surface area contributed by atoms with Crippen molar-refractivity contribution in [2.24, 2.45) is 5.92 Å². The molecule has 0 aliphatic rings. The summed E-state index contributed by atoms with van der Waals surface area (Å²) < 4.78 is 0. The average molecular weight is 279 g/mol. The molecule has 0 unspecified atom stereocenters. The second-order valence-corrected chi connectivity index (χ2v) is 5.41. The third kappa shape index (κ3) is 4.71. The predicted octanol–water partition coefficient (Wildman–Crippen LogP) is 3.14. The van der Waals surface area contributed by atoms with Gasteiger partial charge in [-0.25, -0.2) is 0 Å². The van der Waals surface area contributed by atoms with Gasteiger partial charge >= 0.3 is 0 Å². The minimum Gasteiger partial charge on any atom is -0.358 e. The van der Waals surface area contributed by atoms with Gasteiger partial charge in [0.1, 0.15) is 0 Å². The Morgan fingerprint density at radius 1 is 1.16 bits per heavy atom.